The molecular formula is C27H28O3. The summed E-state index contributed by atoms with van der Waals surface area (Å²) in [6, 6.07) is 15.3. The van der Waals surface area contributed by atoms with E-state index >= 15 is 0 Å². The fourth-order valence-electron chi connectivity index (χ4n) is 2.83. The van der Waals surface area contributed by atoms with Crippen LogP contribution in [0.25, 0.3) is 12.2 Å². The molecule has 0 radical (unpaired) electrons. The summed E-state index contributed by atoms with van der Waals surface area (Å²) in [5.74, 6) is -0.583. The van der Waals surface area contributed by atoms with Crippen LogP contribution < -0.4 is 0 Å². The first-order valence-corrected chi connectivity index (χ1v) is 9.99. The van der Waals surface area contributed by atoms with Gasteiger partial charge in [0.25, 0.3) is 0 Å². The molecule has 0 aliphatic carbocycles. The molecule has 3 heteroatoms. The molecule has 3 nitrogen and oxygen atoms in total. The second-order valence-electron chi connectivity index (χ2n) is 7.39. The minimum atomic E-state index is -0.957. The molecule has 0 bridgehead atoms. The minimum Gasteiger partial charge on any atom is -0.478 e. The van der Waals surface area contributed by atoms with Gasteiger partial charge in [0.15, 0.2) is 5.78 Å². The Morgan fingerprint density at radius 1 is 1.03 bits per heavy atom. The van der Waals surface area contributed by atoms with Crippen LogP contribution in [0.3, 0.4) is 0 Å². The number of rotatable bonds is 9. The molecule has 1 N–H and O–H groups in total. The van der Waals surface area contributed by atoms with Gasteiger partial charge in [-0.3, -0.25) is 4.79 Å². The first-order chi connectivity index (χ1) is 14.3. The highest BCUT2D eigenvalue weighted by Crippen LogP contribution is 2.13. The van der Waals surface area contributed by atoms with Crippen LogP contribution in [0, 0.1) is 12.8 Å². The Bertz CT molecular complexity index is 989. The molecule has 2 aromatic carbocycles. The van der Waals surface area contributed by atoms with E-state index < -0.39 is 5.97 Å². The van der Waals surface area contributed by atoms with Gasteiger partial charge in [0.1, 0.15) is 0 Å². The van der Waals surface area contributed by atoms with E-state index in [0.717, 1.165) is 29.2 Å². The Morgan fingerprint density at radius 3 is 2.37 bits per heavy atom. The minimum absolute atomic E-state index is 0.0454. The predicted octanol–water partition coefficient (Wildman–Crippen LogP) is 6.52. The molecule has 154 valence electrons. The topological polar surface area (TPSA) is 54.4 Å². The summed E-state index contributed by atoms with van der Waals surface area (Å²) in [4.78, 5) is 23.0. The zero-order valence-corrected chi connectivity index (χ0v) is 17.7. The third-order valence-electron chi connectivity index (χ3n) is 4.60. The van der Waals surface area contributed by atoms with Gasteiger partial charge < -0.3 is 5.11 Å². The summed E-state index contributed by atoms with van der Waals surface area (Å²) in [5.41, 5.74) is 4.44. The molecule has 0 saturated carbocycles. The van der Waals surface area contributed by atoms with Gasteiger partial charge in [-0.1, -0.05) is 85.3 Å². The molecule has 30 heavy (non-hydrogen) atoms. The Labute approximate surface area is 178 Å². The van der Waals surface area contributed by atoms with Gasteiger partial charge in [-0.25, -0.2) is 4.79 Å². The molecule has 0 aliphatic heterocycles. The largest absolute Gasteiger partial charge is 0.478 e. The van der Waals surface area contributed by atoms with Crippen LogP contribution in [0.15, 0.2) is 84.5 Å². The van der Waals surface area contributed by atoms with Gasteiger partial charge in [0, 0.05) is 11.6 Å². The molecular weight excluding hydrogens is 372 g/mol. The number of hydrogen-bond acceptors (Lipinski definition) is 2. The van der Waals surface area contributed by atoms with E-state index in [-0.39, 0.29) is 5.78 Å². The summed E-state index contributed by atoms with van der Waals surface area (Å²) in [7, 11) is 0. The third-order valence-corrected chi connectivity index (χ3v) is 4.60. The van der Waals surface area contributed by atoms with E-state index in [1.807, 2.05) is 80.6 Å². The highest BCUT2D eigenvalue weighted by Gasteiger charge is 2.06. The van der Waals surface area contributed by atoms with Crippen LogP contribution in [-0.2, 0) is 4.79 Å². The molecule has 2 rings (SSSR count). The number of carbonyl (C=O) groups is 2. The van der Waals surface area contributed by atoms with Crippen molar-refractivity contribution in [2.75, 3.05) is 0 Å². The molecule has 0 heterocycles. The number of carbonyl (C=O) groups excluding carboxylic acids is 1. The first kappa shape index (κ1) is 22.8. The van der Waals surface area contributed by atoms with E-state index in [0.29, 0.717) is 17.1 Å². The first-order valence-electron chi connectivity index (χ1n) is 9.99. The van der Waals surface area contributed by atoms with Crippen molar-refractivity contribution in [2.45, 2.75) is 27.2 Å². The molecule has 1 atom stereocenters. The van der Waals surface area contributed by atoms with Crippen molar-refractivity contribution in [1.82, 2.24) is 0 Å². The van der Waals surface area contributed by atoms with Crippen LogP contribution in [0.4, 0.5) is 0 Å². The highest BCUT2D eigenvalue weighted by atomic mass is 16.4. The fraction of sp³-hybridized carbons (Fsp3) is 0.185. The van der Waals surface area contributed by atoms with Crippen LogP contribution in [0.5, 0.6) is 0 Å². The number of aryl methyl sites for hydroxylation is 1. The smallest absolute Gasteiger partial charge is 0.328 e. The molecule has 1 unspecified atom stereocenters. The summed E-state index contributed by atoms with van der Waals surface area (Å²) >= 11 is 0. The second kappa shape index (κ2) is 11.5. The number of carboxylic acid groups (broad SMARTS) is 1. The molecule has 0 aromatic heterocycles. The maximum atomic E-state index is 12.4. The Balaban J connectivity index is 1.90. The monoisotopic (exact) mass is 400 g/mol. The quantitative estimate of drug-likeness (QED) is 0.296. The number of hydrogen-bond donors (Lipinski definition) is 1. The molecule has 0 fully saturated rings. The van der Waals surface area contributed by atoms with Crippen LogP contribution in [0.2, 0.25) is 0 Å². The molecule has 2 aromatic rings. The molecule has 0 saturated heterocycles. The summed E-state index contributed by atoms with van der Waals surface area (Å²) < 4.78 is 0. The Morgan fingerprint density at radius 2 is 1.70 bits per heavy atom. The van der Waals surface area contributed by atoms with Gasteiger partial charge in [-0.05, 0) is 55.0 Å². The average molecular weight is 401 g/mol. The van der Waals surface area contributed by atoms with E-state index in [9.17, 15) is 9.59 Å². The van der Waals surface area contributed by atoms with Crippen molar-refractivity contribution in [1.29, 1.82) is 0 Å². The number of allylic oxidation sites excluding steroid dienone is 5. The molecule has 0 aliphatic rings. The fourth-order valence-corrected chi connectivity index (χ4v) is 2.83. The number of benzene rings is 2. The van der Waals surface area contributed by atoms with Crippen molar-refractivity contribution in [3.8, 4) is 0 Å². The lowest BCUT2D eigenvalue weighted by Gasteiger charge is -2.02. The van der Waals surface area contributed by atoms with Crippen LogP contribution in [0.1, 0.15) is 47.3 Å². The highest BCUT2D eigenvalue weighted by molar-refractivity contribution is 6.08. The van der Waals surface area contributed by atoms with Gasteiger partial charge in [-0.2, -0.15) is 0 Å². The van der Waals surface area contributed by atoms with Crippen molar-refractivity contribution in [3.63, 3.8) is 0 Å². The Kier molecular flexibility index (Phi) is 8.76. The van der Waals surface area contributed by atoms with E-state index in [2.05, 4.69) is 19.1 Å². The summed E-state index contributed by atoms with van der Waals surface area (Å²) in [6.07, 6.45) is 13.6. The number of carboxylic acids is 1. The van der Waals surface area contributed by atoms with E-state index in [1.54, 1.807) is 6.08 Å². The lowest BCUT2D eigenvalue weighted by Crippen LogP contribution is -2.00. The lowest BCUT2D eigenvalue weighted by atomic mass is 10.0. The number of Topliss-reactive ketones (excluding diaryl/α,β-unsaturated/α-hetero) is 1. The van der Waals surface area contributed by atoms with Crippen molar-refractivity contribution < 1.29 is 14.7 Å². The average Bonchev–Trinajstić information content (AvgIpc) is 2.72. The number of ketones is 1. The standard InChI is InChI=1S/C27H28O3/c1-20(7-4-9-22(3)27(30)25-16-13-21(2)14-17-25)8-5-10-23-11-6-12-24(19-23)15-18-26(28)29/h4-7,9-20H,8H2,1-3H3,(H,28,29)/b7-4-,10-5+,18-15-,22-9+. The molecule has 0 spiro atoms. The maximum Gasteiger partial charge on any atom is 0.328 e. The summed E-state index contributed by atoms with van der Waals surface area (Å²) in [6.45, 7) is 5.96. The normalized spacial score (nSPS) is 13.4. The van der Waals surface area contributed by atoms with Gasteiger partial charge in [-0.15, -0.1) is 0 Å². The predicted molar refractivity (Wildman–Crippen MR) is 124 cm³/mol. The lowest BCUT2D eigenvalue weighted by molar-refractivity contribution is -0.131. The van der Waals surface area contributed by atoms with Crippen molar-refractivity contribution in [3.05, 3.63) is 107 Å². The van der Waals surface area contributed by atoms with Crippen molar-refractivity contribution >= 4 is 23.9 Å². The van der Waals surface area contributed by atoms with E-state index in [1.165, 1.54) is 0 Å². The van der Waals surface area contributed by atoms with Gasteiger partial charge in [0.05, 0.1) is 0 Å². The van der Waals surface area contributed by atoms with Crippen LogP contribution >= 0.6 is 0 Å². The zero-order valence-electron chi connectivity index (χ0n) is 17.7. The number of aliphatic carboxylic acids is 1. The Hall–Kier alpha value is -3.46. The third kappa shape index (κ3) is 7.88. The maximum absolute atomic E-state index is 12.4. The van der Waals surface area contributed by atoms with E-state index in [4.69, 9.17) is 5.11 Å². The van der Waals surface area contributed by atoms with Crippen LogP contribution in [-0.4, -0.2) is 16.9 Å². The van der Waals surface area contributed by atoms with Gasteiger partial charge in [0.2, 0.25) is 0 Å². The SMILES string of the molecule is C/C(=C\C=C/C(C)C/C=C/c1cccc(/C=C\C(=O)O)c1)C(=O)c1ccc(C)cc1. The molecule has 0 amide bonds. The second-order valence-corrected chi connectivity index (χ2v) is 7.39. The van der Waals surface area contributed by atoms with Gasteiger partial charge >= 0.3 is 5.97 Å². The zero-order chi connectivity index (χ0) is 21.9. The summed E-state index contributed by atoms with van der Waals surface area (Å²) in [5, 5.41) is 8.72. The van der Waals surface area contributed by atoms with Crippen molar-refractivity contribution in [2.24, 2.45) is 5.92 Å².